The van der Waals surface area contributed by atoms with Crippen molar-refractivity contribution in [3.8, 4) is 23.7 Å². The van der Waals surface area contributed by atoms with Gasteiger partial charge in [-0.1, -0.05) is 30.4 Å². The Bertz CT molecular complexity index is 471. The minimum atomic E-state index is 0.276. The molecule has 1 N–H and O–H groups in total. The van der Waals surface area contributed by atoms with Crippen molar-refractivity contribution in [2.75, 3.05) is 12.9 Å². The van der Waals surface area contributed by atoms with Gasteiger partial charge in [-0.05, 0) is 43.1 Å². The standard InChI is InChI=1S/C16H18OS/c1-18-16-13-9-8-12-15(16)11-7-5-3-2-4-6-10-14-17/h8-9,12-13,17H,2,4,6,10,14H2,1H3. The molecule has 0 saturated heterocycles. The van der Waals surface area contributed by atoms with Crippen LogP contribution in [0.3, 0.4) is 0 Å². The molecule has 1 nitrogen and oxygen atoms in total. The van der Waals surface area contributed by atoms with E-state index in [1.54, 1.807) is 11.8 Å². The fraction of sp³-hybridized carbons (Fsp3) is 0.375. The Morgan fingerprint density at radius 2 is 1.94 bits per heavy atom. The maximum atomic E-state index is 8.62. The molecule has 0 saturated carbocycles. The molecule has 0 bridgehead atoms. The molecule has 0 amide bonds. The minimum Gasteiger partial charge on any atom is -0.396 e. The van der Waals surface area contributed by atoms with Crippen molar-refractivity contribution in [2.45, 2.75) is 30.6 Å². The van der Waals surface area contributed by atoms with Crippen LogP contribution in [0, 0.1) is 23.7 Å². The summed E-state index contributed by atoms with van der Waals surface area (Å²) in [6.07, 6.45) is 5.85. The molecule has 1 aromatic rings. The normalized spacial score (nSPS) is 9.00. The summed E-state index contributed by atoms with van der Waals surface area (Å²) in [5.74, 6) is 11.9. The first-order valence-electron chi connectivity index (χ1n) is 6.11. The van der Waals surface area contributed by atoms with Crippen molar-refractivity contribution in [2.24, 2.45) is 0 Å². The molecule has 0 aliphatic rings. The van der Waals surface area contributed by atoms with Crippen molar-refractivity contribution < 1.29 is 5.11 Å². The lowest BCUT2D eigenvalue weighted by Crippen LogP contribution is -1.81. The van der Waals surface area contributed by atoms with Gasteiger partial charge in [-0.15, -0.1) is 11.8 Å². The topological polar surface area (TPSA) is 20.2 Å². The number of benzene rings is 1. The Hall–Kier alpha value is -1.35. The molecule has 2 heteroatoms. The van der Waals surface area contributed by atoms with E-state index in [1.807, 2.05) is 24.5 Å². The summed E-state index contributed by atoms with van der Waals surface area (Å²) < 4.78 is 0. The Balaban J connectivity index is 2.43. The summed E-state index contributed by atoms with van der Waals surface area (Å²) in [5.41, 5.74) is 1.04. The van der Waals surface area contributed by atoms with Gasteiger partial charge < -0.3 is 5.11 Å². The molecule has 0 radical (unpaired) electrons. The van der Waals surface area contributed by atoms with Crippen molar-refractivity contribution in [1.29, 1.82) is 0 Å². The van der Waals surface area contributed by atoms with Crippen molar-refractivity contribution >= 4 is 11.8 Å². The van der Waals surface area contributed by atoms with Gasteiger partial charge in [0.2, 0.25) is 0 Å². The molecule has 94 valence electrons. The number of thioether (sulfide) groups is 1. The lowest BCUT2D eigenvalue weighted by Gasteiger charge is -1.97. The van der Waals surface area contributed by atoms with Crippen LogP contribution in [0.4, 0.5) is 0 Å². The fourth-order valence-corrected chi connectivity index (χ4v) is 2.01. The van der Waals surface area contributed by atoms with Crippen LogP contribution in [-0.2, 0) is 0 Å². The second-order valence-corrected chi connectivity index (χ2v) is 4.63. The zero-order valence-electron chi connectivity index (χ0n) is 10.7. The van der Waals surface area contributed by atoms with E-state index in [4.69, 9.17) is 5.11 Å². The van der Waals surface area contributed by atoms with Crippen LogP contribution in [0.25, 0.3) is 0 Å². The van der Waals surface area contributed by atoms with Crippen LogP contribution in [0.5, 0.6) is 0 Å². The Kier molecular flexibility index (Phi) is 7.89. The SMILES string of the molecule is CSc1ccccc1C#CC#CCCCCCO. The van der Waals surface area contributed by atoms with Crippen LogP contribution < -0.4 is 0 Å². The largest absolute Gasteiger partial charge is 0.396 e. The van der Waals surface area contributed by atoms with Crippen LogP contribution >= 0.6 is 11.8 Å². The third-order valence-electron chi connectivity index (χ3n) is 2.41. The first-order chi connectivity index (χ1) is 8.88. The summed E-state index contributed by atoms with van der Waals surface area (Å²) in [7, 11) is 0. The second-order valence-electron chi connectivity index (χ2n) is 3.79. The monoisotopic (exact) mass is 258 g/mol. The van der Waals surface area contributed by atoms with E-state index in [-0.39, 0.29) is 6.61 Å². The van der Waals surface area contributed by atoms with Gasteiger partial charge in [-0.2, -0.15) is 0 Å². The smallest absolute Gasteiger partial charge is 0.0431 e. The molecule has 0 aromatic heterocycles. The number of aliphatic hydroxyl groups excluding tert-OH is 1. The van der Waals surface area contributed by atoms with Crippen LogP contribution in [-0.4, -0.2) is 18.0 Å². The molecule has 1 aromatic carbocycles. The van der Waals surface area contributed by atoms with Gasteiger partial charge in [0, 0.05) is 23.5 Å². The van der Waals surface area contributed by atoms with E-state index in [9.17, 15) is 0 Å². The van der Waals surface area contributed by atoms with E-state index in [2.05, 4.69) is 29.7 Å². The average Bonchev–Trinajstić information content (AvgIpc) is 2.42. The summed E-state index contributed by atoms with van der Waals surface area (Å²) in [4.78, 5) is 1.19. The van der Waals surface area contributed by atoms with Gasteiger partial charge in [-0.3, -0.25) is 0 Å². The number of hydrogen-bond acceptors (Lipinski definition) is 2. The lowest BCUT2D eigenvalue weighted by atomic mass is 10.2. The van der Waals surface area contributed by atoms with Crippen molar-refractivity contribution in [3.63, 3.8) is 0 Å². The number of hydrogen-bond donors (Lipinski definition) is 1. The first kappa shape index (κ1) is 14.7. The maximum Gasteiger partial charge on any atom is 0.0431 e. The highest BCUT2D eigenvalue weighted by atomic mass is 32.2. The lowest BCUT2D eigenvalue weighted by molar-refractivity contribution is 0.283. The van der Waals surface area contributed by atoms with Gasteiger partial charge in [0.25, 0.3) is 0 Å². The zero-order chi connectivity index (χ0) is 13.1. The summed E-state index contributed by atoms with van der Waals surface area (Å²) in [6.45, 7) is 0.276. The highest BCUT2D eigenvalue weighted by molar-refractivity contribution is 7.98. The molecule has 0 spiro atoms. The fourth-order valence-electron chi connectivity index (χ4n) is 1.46. The Labute approximate surface area is 114 Å². The molecule has 1 rings (SSSR count). The molecule has 18 heavy (non-hydrogen) atoms. The minimum absolute atomic E-state index is 0.276. The summed E-state index contributed by atoms with van der Waals surface area (Å²) in [6, 6.07) is 8.09. The second kappa shape index (κ2) is 9.66. The average molecular weight is 258 g/mol. The highest BCUT2D eigenvalue weighted by Crippen LogP contribution is 2.18. The van der Waals surface area contributed by atoms with Gasteiger partial charge in [0.05, 0.1) is 0 Å². The molecule has 0 heterocycles. The van der Waals surface area contributed by atoms with Gasteiger partial charge in [0.15, 0.2) is 0 Å². The molecule has 0 unspecified atom stereocenters. The molecule has 0 fully saturated rings. The maximum absolute atomic E-state index is 8.62. The molecular formula is C16H18OS. The summed E-state index contributed by atoms with van der Waals surface area (Å²) in [5, 5.41) is 8.62. The predicted octanol–water partition coefficient (Wildman–Crippen LogP) is 3.32. The van der Waals surface area contributed by atoms with Crippen LogP contribution in [0.15, 0.2) is 29.2 Å². The molecule has 0 aliphatic carbocycles. The van der Waals surface area contributed by atoms with E-state index in [0.29, 0.717) is 0 Å². The first-order valence-corrected chi connectivity index (χ1v) is 7.33. The predicted molar refractivity (Wildman–Crippen MR) is 78.4 cm³/mol. The van der Waals surface area contributed by atoms with Crippen molar-refractivity contribution in [1.82, 2.24) is 0 Å². The number of aliphatic hydroxyl groups is 1. The molecular weight excluding hydrogens is 240 g/mol. The Morgan fingerprint density at radius 1 is 1.11 bits per heavy atom. The third kappa shape index (κ3) is 5.82. The highest BCUT2D eigenvalue weighted by Gasteiger charge is 1.94. The van der Waals surface area contributed by atoms with Crippen LogP contribution in [0.2, 0.25) is 0 Å². The van der Waals surface area contributed by atoms with Gasteiger partial charge in [-0.25, -0.2) is 0 Å². The molecule has 0 aliphatic heterocycles. The molecule has 0 atom stereocenters. The van der Waals surface area contributed by atoms with E-state index in [1.165, 1.54) is 4.90 Å². The van der Waals surface area contributed by atoms with Gasteiger partial charge >= 0.3 is 0 Å². The van der Waals surface area contributed by atoms with Crippen LogP contribution in [0.1, 0.15) is 31.2 Å². The van der Waals surface area contributed by atoms with Crippen molar-refractivity contribution in [3.05, 3.63) is 29.8 Å². The third-order valence-corrected chi connectivity index (χ3v) is 3.21. The van der Waals surface area contributed by atoms with E-state index < -0.39 is 0 Å². The number of unbranched alkanes of at least 4 members (excludes halogenated alkanes) is 3. The zero-order valence-corrected chi connectivity index (χ0v) is 11.5. The Morgan fingerprint density at radius 3 is 2.72 bits per heavy atom. The van der Waals surface area contributed by atoms with E-state index in [0.717, 1.165) is 31.2 Å². The summed E-state index contributed by atoms with van der Waals surface area (Å²) >= 11 is 1.70. The van der Waals surface area contributed by atoms with Gasteiger partial charge in [0.1, 0.15) is 0 Å². The quantitative estimate of drug-likeness (QED) is 0.497. The number of rotatable bonds is 5. The van der Waals surface area contributed by atoms with E-state index >= 15 is 0 Å².